The number of nitrogens with zero attached hydrogens (tertiary/aromatic N) is 1. The third-order valence-electron chi connectivity index (χ3n) is 4.72. The van der Waals surface area contributed by atoms with Crippen LogP contribution in [0.4, 0.5) is 5.69 Å². The molecular formula is C20H24N2O2. The minimum atomic E-state index is -0.0744. The number of para-hydroxylation sites is 2. The molecule has 126 valence electrons. The third-order valence-corrected chi connectivity index (χ3v) is 4.72. The summed E-state index contributed by atoms with van der Waals surface area (Å²) in [7, 11) is 2.02. The van der Waals surface area contributed by atoms with Gasteiger partial charge in [0.1, 0.15) is 11.9 Å². The molecule has 3 rings (SSSR count). The number of fused-ring (bicyclic) bond motifs is 1. The molecule has 1 N–H and O–H groups in total. The molecule has 0 saturated heterocycles. The van der Waals surface area contributed by atoms with Crippen LogP contribution >= 0.6 is 0 Å². The maximum Gasteiger partial charge on any atom is 0.255 e. The van der Waals surface area contributed by atoms with Crippen LogP contribution in [0.3, 0.4) is 0 Å². The Morgan fingerprint density at radius 1 is 1.12 bits per heavy atom. The zero-order chi connectivity index (χ0) is 17.1. The summed E-state index contributed by atoms with van der Waals surface area (Å²) in [6.45, 7) is 5.51. The van der Waals surface area contributed by atoms with Crippen molar-refractivity contribution in [2.45, 2.75) is 25.9 Å². The van der Waals surface area contributed by atoms with Gasteiger partial charge in [-0.05, 0) is 25.1 Å². The van der Waals surface area contributed by atoms with E-state index in [-0.39, 0.29) is 12.0 Å². The average molecular weight is 324 g/mol. The van der Waals surface area contributed by atoms with Gasteiger partial charge in [-0.25, -0.2) is 0 Å². The number of ether oxygens (including phenoxy) is 1. The number of anilines is 1. The van der Waals surface area contributed by atoms with Gasteiger partial charge in [-0.15, -0.1) is 0 Å². The van der Waals surface area contributed by atoms with Gasteiger partial charge in [0.2, 0.25) is 0 Å². The Labute approximate surface area is 143 Å². The van der Waals surface area contributed by atoms with Gasteiger partial charge in [0.05, 0.1) is 5.56 Å². The SMILES string of the molecule is CC1Oc2c(C(=O)NCCN(C)c3ccccc3)cccc2C1C. The van der Waals surface area contributed by atoms with E-state index in [0.717, 1.165) is 23.5 Å². The van der Waals surface area contributed by atoms with Crippen molar-refractivity contribution in [3.8, 4) is 5.75 Å². The van der Waals surface area contributed by atoms with Crippen LogP contribution in [0.15, 0.2) is 48.5 Å². The van der Waals surface area contributed by atoms with Crippen molar-refractivity contribution >= 4 is 11.6 Å². The van der Waals surface area contributed by atoms with Crippen LogP contribution in [0.25, 0.3) is 0 Å². The van der Waals surface area contributed by atoms with E-state index in [1.165, 1.54) is 0 Å². The molecule has 1 heterocycles. The Balaban J connectivity index is 1.61. The van der Waals surface area contributed by atoms with Crippen molar-refractivity contribution in [3.05, 3.63) is 59.7 Å². The Morgan fingerprint density at radius 2 is 1.88 bits per heavy atom. The van der Waals surface area contributed by atoms with Crippen LogP contribution in [0, 0.1) is 0 Å². The largest absolute Gasteiger partial charge is 0.489 e. The lowest BCUT2D eigenvalue weighted by atomic mass is 9.97. The van der Waals surface area contributed by atoms with Gasteiger partial charge in [-0.1, -0.05) is 37.3 Å². The predicted octanol–water partition coefficient (Wildman–Crippen LogP) is 3.44. The van der Waals surface area contributed by atoms with Gasteiger partial charge in [0.25, 0.3) is 5.91 Å². The molecule has 0 saturated carbocycles. The Bertz CT molecular complexity index is 715. The lowest BCUT2D eigenvalue weighted by molar-refractivity contribution is 0.0949. The Morgan fingerprint density at radius 3 is 2.62 bits per heavy atom. The summed E-state index contributed by atoms with van der Waals surface area (Å²) >= 11 is 0. The molecule has 0 aliphatic carbocycles. The third kappa shape index (κ3) is 3.23. The molecule has 2 unspecified atom stereocenters. The van der Waals surface area contributed by atoms with Gasteiger partial charge in [0.15, 0.2) is 0 Å². The molecule has 0 spiro atoms. The fraction of sp³-hybridized carbons (Fsp3) is 0.350. The molecule has 0 bridgehead atoms. The van der Waals surface area contributed by atoms with Gasteiger partial charge in [-0.2, -0.15) is 0 Å². The lowest BCUT2D eigenvalue weighted by Gasteiger charge is -2.19. The highest BCUT2D eigenvalue weighted by Crippen LogP contribution is 2.40. The highest BCUT2D eigenvalue weighted by Gasteiger charge is 2.30. The quantitative estimate of drug-likeness (QED) is 0.916. The molecule has 2 aromatic carbocycles. The van der Waals surface area contributed by atoms with E-state index in [2.05, 4.69) is 29.3 Å². The lowest BCUT2D eigenvalue weighted by Crippen LogP contribution is -2.33. The fourth-order valence-corrected chi connectivity index (χ4v) is 3.01. The maximum atomic E-state index is 12.5. The predicted molar refractivity (Wildman–Crippen MR) is 97.0 cm³/mol. The normalized spacial score (nSPS) is 18.6. The van der Waals surface area contributed by atoms with Gasteiger partial charge in [0, 0.05) is 37.3 Å². The molecule has 4 nitrogen and oxygen atoms in total. The molecule has 2 atom stereocenters. The number of carbonyl (C=O) groups excluding carboxylic acids is 1. The van der Waals surface area contributed by atoms with Crippen LogP contribution < -0.4 is 15.0 Å². The van der Waals surface area contributed by atoms with Gasteiger partial charge in [-0.3, -0.25) is 4.79 Å². The number of hydrogen-bond acceptors (Lipinski definition) is 3. The summed E-state index contributed by atoms with van der Waals surface area (Å²) in [5, 5.41) is 3.00. The second-order valence-electron chi connectivity index (χ2n) is 6.35. The summed E-state index contributed by atoms with van der Waals surface area (Å²) in [5.74, 6) is 0.984. The highest BCUT2D eigenvalue weighted by atomic mass is 16.5. The van der Waals surface area contributed by atoms with Crippen molar-refractivity contribution in [1.82, 2.24) is 5.32 Å². The first-order valence-electron chi connectivity index (χ1n) is 8.42. The van der Waals surface area contributed by atoms with E-state index in [1.54, 1.807) is 0 Å². The summed E-state index contributed by atoms with van der Waals surface area (Å²) in [4.78, 5) is 14.6. The van der Waals surface area contributed by atoms with Gasteiger partial charge < -0.3 is 15.0 Å². The number of carbonyl (C=O) groups is 1. The van der Waals surface area contributed by atoms with E-state index in [9.17, 15) is 4.79 Å². The summed E-state index contributed by atoms with van der Waals surface area (Å²) in [6, 6.07) is 15.9. The monoisotopic (exact) mass is 324 g/mol. The number of benzene rings is 2. The topological polar surface area (TPSA) is 41.6 Å². The minimum absolute atomic E-state index is 0.0744. The second kappa shape index (κ2) is 6.95. The molecule has 24 heavy (non-hydrogen) atoms. The number of hydrogen-bond donors (Lipinski definition) is 1. The van der Waals surface area contributed by atoms with Crippen molar-refractivity contribution < 1.29 is 9.53 Å². The molecule has 4 heteroatoms. The van der Waals surface area contributed by atoms with Crippen LogP contribution in [0.2, 0.25) is 0 Å². The molecule has 1 aliphatic heterocycles. The molecule has 0 aromatic heterocycles. The average Bonchev–Trinajstić information content (AvgIpc) is 2.90. The van der Waals surface area contributed by atoms with Crippen LogP contribution in [-0.2, 0) is 0 Å². The van der Waals surface area contributed by atoms with E-state index in [4.69, 9.17) is 4.74 Å². The van der Waals surface area contributed by atoms with E-state index >= 15 is 0 Å². The molecule has 0 fully saturated rings. The van der Waals surface area contributed by atoms with Crippen molar-refractivity contribution in [2.24, 2.45) is 0 Å². The van der Waals surface area contributed by atoms with Crippen LogP contribution in [0.1, 0.15) is 35.7 Å². The fourth-order valence-electron chi connectivity index (χ4n) is 3.01. The van der Waals surface area contributed by atoms with E-state index < -0.39 is 0 Å². The molecule has 2 aromatic rings. The first-order valence-corrected chi connectivity index (χ1v) is 8.42. The van der Waals surface area contributed by atoms with Crippen LogP contribution in [0.5, 0.6) is 5.75 Å². The smallest absolute Gasteiger partial charge is 0.255 e. The Kier molecular flexibility index (Phi) is 4.74. The number of likely N-dealkylation sites (N-methyl/N-ethyl adjacent to an activating group) is 1. The number of nitrogens with one attached hydrogen (secondary N) is 1. The second-order valence-corrected chi connectivity index (χ2v) is 6.35. The zero-order valence-corrected chi connectivity index (χ0v) is 14.5. The van der Waals surface area contributed by atoms with Crippen molar-refractivity contribution in [3.63, 3.8) is 0 Å². The van der Waals surface area contributed by atoms with Crippen molar-refractivity contribution in [2.75, 3.05) is 25.0 Å². The summed E-state index contributed by atoms with van der Waals surface area (Å²) in [6.07, 6.45) is 0.109. The first kappa shape index (κ1) is 16.4. The zero-order valence-electron chi connectivity index (χ0n) is 14.5. The van der Waals surface area contributed by atoms with Crippen molar-refractivity contribution in [1.29, 1.82) is 0 Å². The molecule has 0 radical (unpaired) electrons. The van der Waals surface area contributed by atoms with E-state index in [0.29, 0.717) is 18.0 Å². The number of amides is 1. The number of rotatable bonds is 5. The molecular weight excluding hydrogens is 300 g/mol. The van der Waals surface area contributed by atoms with Gasteiger partial charge >= 0.3 is 0 Å². The maximum absolute atomic E-state index is 12.5. The summed E-state index contributed by atoms with van der Waals surface area (Å²) < 4.78 is 5.90. The van der Waals surface area contributed by atoms with Crippen LogP contribution in [-0.4, -0.2) is 32.1 Å². The highest BCUT2D eigenvalue weighted by molar-refractivity contribution is 5.97. The first-order chi connectivity index (χ1) is 11.6. The standard InChI is InChI=1S/C20H24N2O2/c1-14-15(2)24-19-17(14)10-7-11-18(19)20(23)21-12-13-22(3)16-8-5-4-6-9-16/h4-11,14-15H,12-13H2,1-3H3,(H,21,23). The molecule has 1 amide bonds. The molecule has 1 aliphatic rings. The summed E-state index contributed by atoms with van der Waals surface area (Å²) in [5.41, 5.74) is 2.89. The Hall–Kier alpha value is -2.49. The van der Waals surface area contributed by atoms with E-state index in [1.807, 2.05) is 50.4 Å². The minimum Gasteiger partial charge on any atom is -0.489 e.